The van der Waals surface area contributed by atoms with Crippen LogP contribution in [0.25, 0.3) is 0 Å². The third-order valence-corrected chi connectivity index (χ3v) is 3.96. The Kier molecular flexibility index (Phi) is 6.08. The van der Waals surface area contributed by atoms with Crippen LogP contribution in [0, 0.1) is 5.82 Å². The van der Waals surface area contributed by atoms with Gasteiger partial charge in [-0.15, -0.1) is 10.2 Å². The molecule has 0 saturated carbocycles. The van der Waals surface area contributed by atoms with Crippen molar-refractivity contribution in [3.63, 3.8) is 0 Å². The predicted octanol–water partition coefficient (Wildman–Crippen LogP) is 3.64. The number of methoxy groups -OCH3 is 3. The minimum absolute atomic E-state index is 0.0751. The Morgan fingerprint density at radius 3 is 2.07 bits per heavy atom. The number of halogens is 1. The van der Waals surface area contributed by atoms with Crippen molar-refractivity contribution < 1.29 is 23.4 Å². The van der Waals surface area contributed by atoms with Crippen LogP contribution in [0.2, 0.25) is 0 Å². The van der Waals surface area contributed by atoms with Gasteiger partial charge in [-0.05, 0) is 24.3 Å². The van der Waals surface area contributed by atoms with E-state index < -0.39 is 11.7 Å². The van der Waals surface area contributed by atoms with E-state index in [1.165, 1.54) is 39.5 Å². The molecule has 8 nitrogen and oxygen atoms in total. The van der Waals surface area contributed by atoms with Crippen LogP contribution in [0.15, 0.2) is 48.5 Å². The second kappa shape index (κ2) is 8.87. The molecular formula is C20H19FN4O4. The summed E-state index contributed by atoms with van der Waals surface area (Å²) >= 11 is 0. The summed E-state index contributed by atoms with van der Waals surface area (Å²) in [6.45, 7) is 0. The number of amides is 1. The summed E-state index contributed by atoms with van der Waals surface area (Å²) in [5.74, 6) is 0.822. The van der Waals surface area contributed by atoms with Gasteiger partial charge in [0, 0.05) is 17.8 Å². The zero-order chi connectivity index (χ0) is 20.8. The van der Waals surface area contributed by atoms with Crippen LogP contribution in [-0.2, 0) is 0 Å². The topological polar surface area (TPSA) is 94.6 Å². The molecule has 0 saturated heterocycles. The number of benzene rings is 2. The van der Waals surface area contributed by atoms with E-state index in [0.717, 1.165) is 0 Å². The van der Waals surface area contributed by atoms with Gasteiger partial charge in [0.2, 0.25) is 5.75 Å². The molecule has 0 aliphatic rings. The van der Waals surface area contributed by atoms with Crippen molar-refractivity contribution in [1.82, 2.24) is 10.2 Å². The average Bonchev–Trinajstić information content (AvgIpc) is 2.74. The van der Waals surface area contributed by atoms with Crippen molar-refractivity contribution >= 4 is 23.2 Å². The van der Waals surface area contributed by atoms with Gasteiger partial charge < -0.3 is 24.8 Å². The summed E-state index contributed by atoms with van der Waals surface area (Å²) in [5, 5.41) is 13.5. The fourth-order valence-electron chi connectivity index (χ4n) is 2.60. The molecule has 0 fully saturated rings. The van der Waals surface area contributed by atoms with Gasteiger partial charge in [0.1, 0.15) is 5.82 Å². The lowest BCUT2D eigenvalue weighted by atomic mass is 10.2. The quantitative estimate of drug-likeness (QED) is 0.627. The summed E-state index contributed by atoms with van der Waals surface area (Å²) in [6.07, 6.45) is 0. The van der Waals surface area contributed by atoms with Gasteiger partial charge in [0.15, 0.2) is 23.1 Å². The first-order valence-electron chi connectivity index (χ1n) is 8.52. The van der Waals surface area contributed by atoms with Crippen LogP contribution in [0.5, 0.6) is 17.2 Å². The average molecular weight is 398 g/mol. The number of aromatic nitrogens is 2. The van der Waals surface area contributed by atoms with E-state index in [1.807, 2.05) is 0 Å². The normalized spacial score (nSPS) is 10.2. The number of nitrogens with one attached hydrogen (secondary N) is 2. The number of hydrogen-bond donors (Lipinski definition) is 2. The lowest BCUT2D eigenvalue weighted by Gasteiger charge is -2.14. The summed E-state index contributed by atoms with van der Waals surface area (Å²) < 4.78 is 29.6. The van der Waals surface area contributed by atoms with Crippen LogP contribution in [0.3, 0.4) is 0 Å². The molecule has 3 rings (SSSR count). The van der Waals surface area contributed by atoms with Crippen LogP contribution in [0.1, 0.15) is 10.4 Å². The first-order valence-corrected chi connectivity index (χ1v) is 8.52. The summed E-state index contributed by atoms with van der Waals surface area (Å²) in [5.41, 5.74) is 0.561. The molecule has 9 heteroatoms. The Hall–Kier alpha value is -3.88. The molecule has 0 spiro atoms. The molecule has 0 aliphatic carbocycles. The van der Waals surface area contributed by atoms with E-state index in [4.69, 9.17) is 14.2 Å². The monoisotopic (exact) mass is 398 g/mol. The summed E-state index contributed by atoms with van der Waals surface area (Å²) in [4.78, 5) is 12.1. The van der Waals surface area contributed by atoms with Gasteiger partial charge >= 0.3 is 0 Å². The molecule has 0 radical (unpaired) electrons. The van der Waals surface area contributed by atoms with Gasteiger partial charge in [0.05, 0.1) is 26.9 Å². The van der Waals surface area contributed by atoms with Crippen molar-refractivity contribution in [1.29, 1.82) is 0 Å². The van der Waals surface area contributed by atoms with E-state index >= 15 is 0 Å². The maximum atomic E-state index is 13.7. The molecular weight excluding hydrogens is 379 g/mol. The number of anilines is 3. The van der Waals surface area contributed by atoms with Gasteiger partial charge in [-0.25, -0.2) is 4.39 Å². The molecule has 3 aromatic rings. The van der Waals surface area contributed by atoms with Crippen molar-refractivity contribution in [3.8, 4) is 17.2 Å². The highest BCUT2D eigenvalue weighted by molar-refractivity contribution is 6.03. The predicted molar refractivity (Wildman–Crippen MR) is 106 cm³/mol. The molecule has 1 amide bonds. The van der Waals surface area contributed by atoms with Crippen LogP contribution < -0.4 is 24.8 Å². The lowest BCUT2D eigenvalue weighted by molar-refractivity contribution is 0.102. The molecule has 0 aliphatic heterocycles. The summed E-state index contributed by atoms with van der Waals surface area (Å²) in [6, 6.07) is 12.3. The first kappa shape index (κ1) is 19.9. The Bertz CT molecular complexity index is 987. The number of nitrogens with zero attached hydrogens (tertiary/aromatic N) is 2. The van der Waals surface area contributed by atoms with Gasteiger partial charge in [-0.1, -0.05) is 12.1 Å². The number of hydrogen-bond acceptors (Lipinski definition) is 7. The van der Waals surface area contributed by atoms with Gasteiger partial charge in [0.25, 0.3) is 5.91 Å². The first-order chi connectivity index (χ1) is 14.0. The Labute approximate surface area is 166 Å². The largest absolute Gasteiger partial charge is 0.493 e. The molecule has 150 valence electrons. The van der Waals surface area contributed by atoms with Crippen molar-refractivity contribution in [2.24, 2.45) is 0 Å². The third-order valence-electron chi connectivity index (χ3n) is 3.96. The number of carbonyl (C=O) groups is 1. The fourth-order valence-corrected chi connectivity index (χ4v) is 2.60. The highest BCUT2D eigenvalue weighted by atomic mass is 19.1. The van der Waals surface area contributed by atoms with Crippen molar-refractivity contribution in [2.75, 3.05) is 32.0 Å². The maximum absolute atomic E-state index is 13.7. The van der Waals surface area contributed by atoms with Crippen molar-refractivity contribution in [3.05, 3.63) is 59.9 Å². The van der Waals surface area contributed by atoms with E-state index in [2.05, 4.69) is 20.8 Å². The maximum Gasteiger partial charge on any atom is 0.259 e. The second-order valence-corrected chi connectivity index (χ2v) is 5.78. The number of rotatable bonds is 7. The Morgan fingerprint density at radius 1 is 0.897 bits per heavy atom. The van der Waals surface area contributed by atoms with Gasteiger partial charge in [-0.2, -0.15) is 0 Å². The highest BCUT2D eigenvalue weighted by Crippen LogP contribution is 2.40. The Morgan fingerprint density at radius 2 is 1.52 bits per heavy atom. The zero-order valence-corrected chi connectivity index (χ0v) is 16.0. The minimum atomic E-state index is -0.612. The lowest BCUT2D eigenvalue weighted by Crippen LogP contribution is -2.15. The van der Waals surface area contributed by atoms with E-state index in [0.29, 0.717) is 28.8 Å². The molecule has 1 aromatic heterocycles. The van der Waals surface area contributed by atoms with Crippen molar-refractivity contribution in [2.45, 2.75) is 0 Å². The minimum Gasteiger partial charge on any atom is -0.493 e. The zero-order valence-electron chi connectivity index (χ0n) is 16.0. The molecule has 2 aromatic carbocycles. The molecule has 0 unspecified atom stereocenters. The van der Waals surface area contributed by atoms with E-state index in [1.54, 1.807) is 30.3 Å². The smallest absolute Gasteiger partial charge is 0.259 e. The molecule has 0 atom stereocenters. The van der Waals surface area contributed by atoms with Crippen LogP contribution in [0.4, 0.5) is 21.7 Å². The third kappa shape index (κ3) is 4.52. The SMILES string of the molecule is COc1cc(Nc2ccc(NC(=O)c3ccccc3F)nn2)cc(OC)c1OC. The highest BCUT2D eigenvalue weighted by Gasteiger charge is 2.14. The second-order valence-electron chi connectivity index (χ2n) is 5.78. The van der Waals surface area contributed by atoms with E-state index in [-0.39, 0.29) is 11.4 Å². The molecule has 1 heterocycles. The Balaban J connectivity index is 1.74. The van der Waals surface area contributed by atoms with Crippen LogP contribution >= 0.6 is 0 Å². The fraction of sp³-hybridized carbons (Fsp3) is 0.150. The van der Waals surface area contributed by atoms with Crippen LogP contribution in [-0.4, -0.2) is 37.4 Å². The molecule has 2 N–H and O–H groups in total. The standard InChI is InChI=1S/C20H19FN4O4/c1-27-15-10-12(11-16(28-2)19(15)29-3)22-17-8-9-18(25-24-17)23-20(26)13-6-4-5-7-14(13)21/h4-11H,1-3H3,(H,22,24)(H,23,25,26). The van der Waals surface area contributed by atoms with Gasteiger partial charge in [-0.3, -0.25) is 4.79 Å². The molecule has 29 heavy (non-hydrogen) atoms. The number of carbonyl (C=O) groups excluding carboxylic acids is 1. The number of ether oxygens (including phenoxy) is 3. The summed E-state index contributed by atoms with van der Waals surface area (Å²) in [7, 11) is 4.56. The van der Waals surface area contributed by atoms with E-state index in [9.17, 15) is 9.18 Å². The molecule has 0 bridgehead atoms.